The van der Waals surface area contributed by atoms with Crippen LogP contribution in [0.25, 0.3) is 33.2 Å². The number of aromatic nitrogens is 3. The fourth-order valence-electron chi connectivity index (χ4n) is 4.58. The molecule has 4 aromatic rings. The zero-order valence-corrected chi connectivity index (χ0v) is 19.4. The standard InChI is InChI=1S/C27H28N4O2/c1-17-8-9-20(12-28-17)22-6-5-7-23-26(22)30-14-24(27(23)32-4)21-10-11-25(29-13-21)31-15-18(2)33-19(3)16-31/h5-14,18-19H,15-16H2,1-4H3. The maximum Gasteiger partial charge on any atom is 0.137 e. The van der Waals surface area contributed by atoms with Crippen LogP contribution in [-0.2, 0) is 4.74 Å². The Balaban J connectivity index is 1.53. The third kappa shape index (κ3) is 4.14. The van der Waals surface area contributed by atoms with Crippen LogP contribution >= 0.6 is 0 Å². The normalized spacial score (nSPS) is 18.5. The molecule has 6 nitrogen and oxygen atoms in total. The molecular formula is C27H28N4O2. The first kappa shape index (κ1) is 21.3. The Kier molecular flexibility index (Phi) is 5.68. The van der Waals surface area contributed by atoms with Crippen molar-refractivity contribution in [1.29, 1.82) is 0 Å². The lowest BCUT2D eigenvalue weighted by atomic mass is 10.00. The lowest BCUT2D eigenvalue weighted by Crippen LogP contribution is -2.45. The van der Waals surface area contributed by atoms with E-state index in [9.17, 15) is 0 Å². The minimum atomic E-state index is 0.193. The number of para-hydroxylation sites is 1. The monoisotopic (exact) mass is 440 g/mol. The number of pyridine rings is 3. The summed E-state index contributed by atoms with van der Waals surface area (Å²) in [5, 5.41) is 0.966. The van der Waals surface area contributed by atoms with Crippen molar-refractivity contribution in [3.63, 3.8) is 0 Å². The van der Waals surface area contributed by atoms with Crippen molar-refractivity contribution in [2.45, 2.75) is 33.0 Å². The minimum Gasteiger partial charge on any atom is -0.495 e. The summed E-state index contributed by atoms with van der Waals surface area (Å²) < 4.78 is 11.7. The van der Waals surface area contributed by atoms with Crippen LogP contribution in [0.1, 0.15) is 19.5 Å². The van der Waals surface area contributed by atoms with E-state index in [1.165, 1.54) is 0 Å². The summed E-state index contributed by atoms with van der Waals surface area (Å²) in [5.74, 6) is 1.76. The number of benzene rings is 1. The van der Waals surface area contributed by atoms with Crippen LogP contribution in [0.5, 0.6) is 5.75 Å². The van der Waals surface area contributed by atoms with Crippen molar-refractivity contribution >= 4 is 16.7 Å². The highest BCUT2D eigenvalue weighted by Crippen LogP contribution is 2.38. The van der Waals surface area contributed by atoms with E-state index in [2.05, 4.69) is 48.0 Å². The number of anilines is 1. The molecule has 168 valence electrons. The van der Waals surface area contributed by atoms with E-state index in [1.807, 2.05) is 43.7 Å². The summed E-state index contributed by atoms with van der Waals surface area (Å²) in [6.07, 6.45) is 6.05. The number of ether oxygens (including phenoxy) is 2. The van der Waals surface area contributed by atoms with Gasteiger partial charge in [-0.2, -0.15) is 0 Å². The third-order valence-electron chi connectivity index (χ3n) is 6.08. The number of hydrogen-bond donors (Lipinski definition) is 0. The number of rotatable bonds is 4. The molecule has 1 aromatic carbocycles. The van der Waals surface area contributed by atoms with Crippen LogP contribution in [0.4, 0.5) is 5.82 Å². The van der Waals surface area contributed by atoms with Crippen molar-refractivity contribution in [3.8, 4) is 28.0 Å². The molecular weight excluding hydrogens is 412 g/mol. The van der Waals surface area contributed by atoms with E-state index >= 15 is 0 Å². The van der Waals surface area contributed by atoms with Gasteiger partial charge in [-0.25, -0.2) is 4.98 Å². The smallest absolute Gasteiger partial charge is 0.137 e. The van der Waals surface area contributed by atoms with Gasteiger partial charge in [0.1, 0.15) is 11.6 Å². The van der Waals surface area contributed by atoms with Gasteiger partial charge in [0.15, 0.2) is 0 Å². The van der Waals surface area contributed by atoms with Crippen LogP contribution in [0, 0.1) is 6.92 Å². The van der Waals surface area contributed by atoms with Gasteiger partial charge in [0.25, 0.3) is 0 Å². The molecule has 0 aliphatic carbocycles. The number of nitrogens with zero attached hydrogens (tertiary/aromatic N) is 4. The van der Waals surface area contributed by atoms with Gasteiger partial charge in [0.2, 0.25) is 0 Å². The molecule has 0 radical (unpaired) electrons. The lowest BCUT2D eigenvalue weighted by molar-refractivity contribution is -0.00545. The van der Waals surface area contributed by atoms with Crippen molar-refractivity contribution in [1.82, 2.24) is 15.0 Å². The molecule has 5 rings (SSSR count). The average molecular weight is 441 g/mol. The van der Waals surface area contributed by atoms with E-state index < -0.39 is 0 Å². The quantitative estimate of drug-likeness (QED) is 0.430. The highest BCUT2D eigenvalue weighted by Gasteiger charge is 2.23. The van der Waals surface area contributed by atoms with Gasteiger partial charge < -0.3 is 14.4 Å². The van der Waals surface area contributed by atoms with E-state index in [4.69, 9.17) is 19.4 Å². The van der Waals surface area contributed by atoms with Crippen LogP contribution in [-0.4, -0.2) is 47.4 Å². The molecule has 0 saturated carbocycles. The van der Waals surface area contributed by atoms with Crippen molar-refractivity contribution in [2.24, 2.45) is 0 Å². The Bertz CT molecular complexity index is 1260. The Morgan fingerprint density at radius 2 is 1.58 bits per heavy atom. The number of aryl methyl sites for hydroxylation is 1. The van der Waals surface area contributed by atoms with Gasteiger partial charge in [-0.05, 0) is 45.0 Å². The zero-order valence-electron chi connectivity index (χ0n) is 19.4. The molecule has 0 spiro atoms. The molecule has 4 heterocycles. The van der Waals surface area contributed by atoms with Gasteiger partial charge >= 0.3 is 0 Å². The van der Waals surface area contributed by atoms with Crippen LogP contribution < -0.4 is 9.64 Å². The van der Waals surface area contributed by atoms with Crippen molar-refractivity contribution in [2.75, 3.05) is 25.1 Å². The topological polar surface area (TPSA) is 60.4 Å². The van der Waals surface area contributed by atoms with E-state index in [0.29, 0.717) is 0 Å². The Labute approximate surface area is 194 Å². The molecule has 0 amide bonds. The van der Waals surface area contributed by atoms with Crippen molar-refractivity contribution < 1.29 is 9.47 Å². The highest BCUT2D eigenvalue weighted by molar-refractivity contribution is 6.00. The molecule has 3 aromatic heterocycles. The minimum absolute atomic E-state index is 0.193. The largest absolute Gasteiger partial charge is 0.495 e. The second kappa shape index (κ2) is 8.79. The molecule has 1 aliphatic rings. The van der Waals surface area contributed by atoms with E-state index in [1.54, 1.807) is 7.11 Å². The number of morpholine rings is 1. The fraction of sp³-hybridized carbons (Fsp3) is 0.296. The summed E-state index contributed by atoms with van der Waals surface area (Å²) in [6, 6.07) is 14.4. The third-order valence-corrected chi connectivity index (χ3v) is 6.08. The summed E-state index contributed by atoms with van der Waals surface area (Å²) in [7, 11) is 1.71. The number of hydrogen-bond acceptors (Lipinski definition) is 6. The van der Waals surface area contributed by atoms with Gasteiger partial charge in [-0.1, -0.05) is 18.2 Å². The van der Waals surface area contributed by atoms with Crippen LogP contribution in [0.2, 0.25) is 0 Å². The van der Waals surface area contributed by atoms with E-state index in [0.717, 1.165) is 63.5 Å². The first-order valence-corrected chi connectivity index (χ1v) is 11.3. The average Bonchev–Trinajstić information content (AvgIpc) is 2.83. The Morgan fingerprint density at radius 3 is 2.24 bits per heavy atom. The SMILES string of the molecule is COc1c(-c2ccc(N3CC(C)OC(C)C3)nc2)cnc2c(-c3ccc(C)nc3)cccc12. The first-order valence-electron chi connectivity index (χ1n) is 11.3. The van der Waals surface area contributed by atoms with E-state index in [-0.39, 0.29) is 12.2 Å². The second-order valence-electron chi connectivity index (χ2n) is 8.66. The molecule has 2 unspecified atom stereocenters. The van der Waals surface area contributed by atoms with Gasteiger partial charge in [0.05, 0.1) is 24.8 Å². The maximum absolute atomic E-state index is 5.89. The lowest BCUT2D eigenvalue weighted by Gasteiger charge is -2.36. The summed E-state index contributed by atoms with van der Waals surface area (Å²) in [5.41, 5.74) is 5.85. The fourth-order valence-corrected chi connectivity index (χ4v) is 4.58. The zero-order chi connectivity index (χ0) is 22.9. The molecule has 0 N–H and O–H groups in total. The number of fused-ring (bicyclic) bond motifs is 1. The molecule has 0 bridgehead atoms. The molecule has 33 heavy (non-hydrogen) atoms. The van der Waals surface area contributed by atoms with Crippen LogP contribution in [0.15, 0.2) is 61.1 Å². The summed E-state index contributed by atoms with van der Waals surface area (Å²) in [4.78, 5) is 16.3. The maximum atomic E-state index is 5.89. The Morgan fingerprint density at radius 1 is 0.848 bits per heavy atom. The van der Waals surface area contributed by atoms with Gasteiger partial charge in [-0.3, -0.25) is 9.97 Å². The molecule has 1 aliphatic heterocycles. The molecule has 6 heteroatoms. The molecule has 2 atom stereocenters. The Hall–Kier alpha value is -3.51. The van der Waals surface area contributed by atoms with Crippen LogP contribution in [0.3, 0.4) is 0 Å². The van der Waals surface area contributed by atoms with Crippen molar-refractivity contribution in [3.05, 3.63) is 66.7 Å². The summed E-state index contributed by atoms with van der Waals surface area (Å²) >= 11 is 0. The molecule has 1 fully saturated rings. The summed E-state index contributed by atoms with van der Waals surface area (Å²) in [6.45, 7) is 7.87. The second-order valence-corrected chi connectivity index (χ2v) is 8.66. The predicted octanol–water partition coefficient (Wildman–Crippen LogP) is 5.29. The first-order chi connectivity index (χ1) is 16.0. The van der Waals surface area contributed by atoms with Gasteiger partial charge in [0, 0.05) is 65.0 Å². The molecule has 1 saturated heterocycles. The predicted molar refractivity (Wildman–Crippen MR) is 132 cm³/mol. The highest BCUT2D eigenvalue weighted by atomic mass is 16.5. The number of methoxy groups -OCH3 is 1. The van der Waals surface area contributed by atoms with Gasteiger partial charge in [-0.15, -0.1) is 0 Å².